The van der Waals surface area contributed by atoms with E-state index in [-0.39, 0.29) is 5.54 Å². The maximum absolute atomic E-state index is 9.49. The van der Waals surface area contributed by atoms with Gasteiger partial charge in [0.05, 0.1) is 0 Å². The topological polar surface area (TPSA) is 23.5 Å². The second-order valence-corrected chi connectivity index (χ2v) is 6.97. The van der Waals surface area contributed by atoms with Crippen molar-refractivity contribution in [3.63, 3.8) is 0 Å². The van der Waals surface area contributed by atoms with E-state index < -0.39 is 0 Å². The molecule has 1 aliphatic rings. The molecule has 0 aromatic heterocycles. The van der Waals surface area contributed by atoms with Gasteiger partial charge in [0.25, 0.3) is 0 Å². The van der Waals surface area contributed by atoms with Crippen molar-refractivity contribution in [3.8, 4) is 0 Å². The van der Waals surface area contributed by atoms with Crippen LogP contribution in [0.25, 0.3) is 0 Å². The van der Waals surface area contributed by atoms with Crippen molar-refractivity contribution in [2.75, 3.05) is 20.7 Å². The summed E-state index contributed by atoms with van der Waals surface area (Å²) in [5.41, 5.74) is 0.274. The summed E-state index contributed by atoms with van der Waals surface area (Å²) in [4.78, 5) is 2.42. The Balaban J connectivity index is 2.42. The Bertz CT molecular complexity index is 238. The molecule has 2 heteroatoms. The van der Waals surface area contributed by atoms with Crippen LogP contribution in [0.2, 0.25) is 0 Å². The van der Waals surface area contributed by atoms with Crippen LogP contribution < -0.4 is 0 Å². The van der Waals surface area contributed by atoms with Gasteiger partial charge in [-0.1, -0.05) is 58.3 Å². The van der Waals surface area contributed by atoms with E-state index >= 15 is 0 Å². The largest absolute Gasteiger partial charge is 0.396 e. The lowest BCUT2D eigenvalue weighted by atomic mass is 9.68. The van der Waals surface area contributed by atoms with Crippen LogP contribution in [-0.4, -0.2) is 36.2 Å². The molecule has 0 saturated heterocycles. The molecule has 2 unspecified atom stereocenters. The zero-order valence-corrected chi connectivity index (χ0v) is 14.2. The standard InChI is InChI=1S/C18H37NO/c1-4-5-6-7-8-9-12-17-13-10-11-14-18(17,15-16-20)19(2)3/h17,20H,4-16H2,1-3H3. The Morgan fingerprint density at radius 1 is 1.05 bits per heavy atom. The van der Waals surface area contributed by atoms with E-state index in [1.54, 1.807) is 0 Å². The van der Waals surface area contributed by atoms with Crippen molar-refractivity contribution in [1.82, 2.24) is 4.90 Å². The van der Waals surface area contributed by atoms with E-state index in [2.05, 4.69) is 25.9 Å². The average molecular weight is 283 g/mol. The SMILES string of the molecule is CCCCCCCCC1CCCCC1(CCO)N(C)C. The molecule has 0 heterocycles. The van der Waals surface area contributed by atoms with Gasteiger partial charge >= 0.3 is 0 Å². The van der Waals surface area contributed by atoms with E-state index in [9.17, 15) is 5.11 Å². The lowest BCUT2D eigenvalue weighted by molar-refractivity contribution is 0.00949. The van der Waals surface area contributed by atoms with Gasteiger partial charge in [-0.25, -0.2) is 0 Å². The predicted octanol–water partition coefficient (Wildman–Crippen LogP) is 4.61. The summed E-state index contributed by atoms with van der Waals surface area (Å²) in [6, 6.07) is 0. The monoisotopic (exact) mass is 283 g/mol. The number of unbranched alkanes of at least 4 members (excludes halogenated alkanes) is 5. The maximum atomic E-state index is 9.49. The van der Waals surface area contributed by atoms with Crippen LogP contribution in [0.4, 0.5) is 0 Å². The summed E-state index contributed by atoms with van der Waals surface area (Å²) in [5.74, 6) is 0.796. The molecule has 0 spiro atoms. The molecule has 0 aliphatic heterocycles. The van der Waals surface area contributed by atoms with Crippen LogP contribution in [0.3, 0.4) is 0 Å². The molecule has 1 saturated carbocycles. The first-order valence-corrected chi connectivity index (χ1v) is 8.95. The molecule has 120 valence electrons. The van der Waals surface area contributed by atoms with E-state index in [1.165, 1.54) is 70.6 Å². The number of rotatable bonds is 10. The molecular formula is C18H37NO. The summed E-state index contributed by atoms with van der Waals surface area (Å²) in [6.07, 6.45) is 16.0. The summed E-state index contributed by atoms with van der Waals surface area (Å²) in [6.45, 7) is 2.62. The van der Waals surface area contributed by atoms with Crippen molar-refractivity contribution in [3.05, 3.63) is 0 Å². The van der Waals surface area contributed by atoms with Crippen LogP contribution in [0.15, 0.2) is 0 Å². The smallest absolute Gasteiger partial charge is 0.0448 e. The predicted molar refractivity (Wildman–Crippen MR) is 88.1 cm³/mol. The summed E-state index contributed by atoms with van der Waals surface area (Å²) in [5, 5.41) is 9.49. The molecule has 0 aromatic carbocycles. The van der Waals surface area contributed by atoms with Crippen LogP contribution in [0.1, 0.15) is 84.0 Å². The first-order valence-electron chi connectivity index (χ1n) is 8.95. The fourth-order valence-electron chi connectivity index (χ4n) is 4.21. The van der Waals surface area contributed by atoms with Gasteiger partial charge in [0.2, 0.25) is 0 Å². The molecule has 1 rings (SSSR count). The van der Waals surface area contributed by atoms with Crippen molar-refractivity contribution in [2.45, 2.75) is 89.5 Å². The number of hydrogen-bond acceptors (Lipinski definition) is 2. The fourth-order valence-corrected chi connectivity index (χ4v) is 4.21. The molecule has 1 fully saturated rings. The highest BCUT2D eigenvalue weighted by atomic mass is 16.3. The van der Waals surface area contributed by atoms with Gasteiger partial charge in [-0.3, -0.25) is 0 Å². The third-order valence-electron chi connectivity index (χ3n) is 5.51. The molecule has 2 nitrogen and oxygen atoms in total. The van der Waals surface area contributed by atoms with E-state index in [0.717, 1.165) is 12.3 Å². The molecule has 0 bridgehead atoms. The Morgan fingerprint density at radius 2 is 1.75 bits per heavy atom. The molecule has 0 aromatic rings. The minimum atomic E-state index is 0.274. The number of aliphatic hydroxyl groups is 1. The van der Waals surface area contributed by atoms with Crippen LogP contribution in [0, 0.1) is 5.92 Å². The minimum absolute atomic E-state index is 0.274. The summed E-state index contributed by atoms with van der Waals surface area (Å²) >= 11 is 0. The third-order valence-corrected chi connectivity index (χ3v) is 5.51. The average Bonchev–Trinajstić information content (AvgIpc) is 2.44. The molecule has 0 radical (unpaired) electrons. The van der Waals surface area contributed by atoms with Crippen molar-refractivity contribution in [1.29, 1.82) is 0 Å². The number of hydrogen-bond donors (Lipinski definition) is 1. The highest BCUT2D eigenvalue weighted by Gasteiger charge is 2.41. The van der Waals surface area contributed by atoms with Crippen molar-refractivity contribution in [2.24, 2.45) is 5.92 Å². The van der Waals surface area contributed by atoms with Crippen LogP contribution in [0.5, 0.6) is 0 Å². The van der Waals surface area contributed by atoms with Crippen LogP contribution in [-0.2, 0) is 0 Å². The lowest BCUT2D eigenvalue weighted by Crippen LogP contribution is -2.52. The third kappa shape index (κ3) is 5.04. The molecule has 0 amide bonds. The van der Waals surface area contributed by atoms with Gasteiger partial charge in [-0.05, 0) is 45.7 Å². The first kappa shape index (κ1) is 18.0. The zero-order valence-electron chi connectivity index (χ0n) is 14.2. The second-order valence-electron chi connectivity index (χ2n) is 6.97. The normalized spacial score (nSPS) is 27.1. The molecule has 20 heavy (non-hydrogen) atoms. The van der Waals surface area contributed by atoms with Gasteiger partial charge in [-0.15, -0.1) is 0 Å². The molecule has 2 atom stereocenters. The van der Waals surface area contributed by atoms with Gasteiger partial charge in [0.15, 0.2) is 0 Å². The van der Waals surface area contributed by atoms with E-state index in [4.69, 9.17) is 0 Å². The zero-order chi connectivity index (χ0) is 14.8. The minimum Gasteiger partial charge on any atom is -0.396 e. The van der Waals surface area contributed by atoms with Crippen molar-refractivity contribution < 1.29 is 5.11 Å². The van der Waals surface area contributed by atoms with E-state index in [0.29, 0.717) is 6.61 Å². The second kappa shape index (κ2) is 9.78. The Hall–Kier alpha value is -0.0800. The first-order chi connectivity index (χ1) is 9.67. The maximum Gasteiger partial charge on any atom is 0.0448 e. The molecular weight excluding hydrogens is 246 g/mol. The highest BCUT2D eigenvalue weighted by molar-refractivity contribution is 4.96. The van der Waals surface area contributed by atoms with Gasteiger partial charge in [-0.2, -0.15) is 0 Å². The lowest BCUT2D eigenvalue weighted by Gasteiger charge is -2.49. The van der Waals surface area contributed by atoms with Gasteiger partial charge < -0.3 is 10.0 Å². The van der Waals surface area contributed by atoms with Gasteiger partial charge in [0.1, 0.15) is 0 Å². The Kier molecular flexibility index (Phi) is 8.79. The Labute approximate surface area is 126 Å². The molecule has 1 aliphatic carbocycles. The van der Waals surface area contributed by atoms with E-state index in [1.807, 2.05) is 0 Å². The summed E-state index contributed by atoms with van der Waals surface area (Å²) < 4.78 is 0. The quantitative estimate of drug-likeness (QED) is 0.592. The highest BCUT2D eigenvalue weighted by Crippen LogP contribution is 2.42. The summed E-state index contributed by atoms with van der Waals surface area (Å²) in [7, 11) is 4.43. The van der Waals surface area contributed by atoms with Crippen molar-refractivity contribution >= 4 is 0 Å². The number of nitrogens with zero attached hydrogens (tertiary/aromatic N) is 1. The molecule has 1 N–H and O–H groups in total. The number of aliphatic hydroxyl groups excluding tert-OH is 1. The van der Waals surface area contributed by atoms with Crippen LogP contribution >= 0.6 is 0 Å². The Morgan fingerprint density at radius 3 is 2.40 bits per heavy atom. The van der Waals surface area contributed by atoms with Gasteiger partial charge in [0, 0.05) is 12.1 Å². The fraction of sp³-hybridized carbons (Fsp3) is 1.00.